The molecule has 7 nitrogen and oxygen atoms in total. The molecule has 1 aromatic carbocycles. The van der Waals surface area contributed by atoms with Crippen molar-refractivity contribution < 1.29 is 13.7 Å². The van der Waals surface area contributed by atoms with Crippen LogP contribution in [0.4, 0.5) is 10.2 Å². The van der Waals surface area contributed by atoms with Crippen molar-refractivity contribution in [2.75, 3.05) is 24.5 Å². The lowest BCUT2D eigenvalue weighted by atomic mass is 10.2. The number of amides is 1. The highest BCUT2D eigenvalue weighted by Gasteiger charge is 2.27. The van der Waals surface area contributed by atoms with Crippen LogP contribution < -0.4 is 4.90 Å². The van der Waals surface area contributed by atoms with Gasteiger partial charge in [-0.05, 0) is 24.6 Å². The predicted octanol–water partition coefficient (Wildman–Crippen LogP) is 1.91. The molecule has 3 heterocycles. The van der Waals surface area contributed by atoms with Gasteiger partial charge in [0, 0.05) is 19.6 Å². The summed E-state index contributed by atoms with van der Waals surface area (Å²) in [5.41, 5.74) is 1.89. The summed E-state index contributed by atoms with van der Waals surface area (Å²) in [6.07, 6.45) is 1.41. The molecule has 25 heavy (non-hydrogen) atoms. The highest BCUT2D eigenvalue weighted by molar-refractivity contribution is 5.91. The Hall–Kier alpha value is -3.03. The highest BCUT2D eigenvalue weighted by atomic mass is 19.1. The van der Waals surface area contributed by atoms with Crippen molar-refractivity contribution in [3.8, 4) is 0 Å². The van der Waals surface area contributed by atoms with Gasteiger partial charge in [0.1, 0.15) is 23.3 Å². The molecule has 8 heteroatoms. The molecule has 1 saturated heterocycles. The molecule has 0 N–H and O–H groups in total. The van der Waals surface area contributed by atoms with E-state index in [1.807, 2.05) is 17.9 Å². The first kappa shape index (κ1) is 15.5. The van der Waals surface area contributed by atoms with E-state index < -0.39 is 0 Å². The fraction of sp³-hybridized carbons (Fsp3) is 0.294. The predicted molar refractivity (Wildman–Crippen MR) is 88.4 cm³/mol. The van der Waals surface area contributed by atoms with Crippen molar-refractivity contribution in [1.29, 1.82) is 0 Å². The van der Waals surface area contributed by atoms with E-state index in [0.717, 1.165) is 10.9 Å². The minimum atomic E-state index is -0.296. The Labute approximate surface area is 143 Å². The zero-order valence-electron chi connectivity index (χ0n) is 13.6. The lowest BCUT2D eigenvalue weighted by Gasteiger charge is -2.35. The molecular formula is C17H16FN5O2. The molecule has 4 rings (SSSR count). The number of hydrogen-bond acceptors (Lipinski definition) is 6. The average Bonchev–Trinajstić information content (AvgIpc) is 2.98. The standard InChI is InChI=1S/C17H16FN5O2/c1-11-15-16(19-10-20-17(15)25-21-11)23-6-5-22(14(24)9-23)8-12-3-2-4-13(18)7-12/h2-4,7,10H,5-6,8-9H2,1H3. The van der Waals surface area contributed by atoms with Gasteiger partial charge in [-0.2, -0.15) is 4.98 Å². The van der Waals surface area contributed by atoms with Gasteiger partial charge >= 0.3 is 0 Å². The molecule has 0 bridgehead atoms. The normalized spacial score (nSPS) is 15.2. The number of carbonyl (C=O) groups excluding carboxylic acids is 1. The Balaban J connectivity index is 1.53. The Morgan fingerprint density at radius 3 is 2.96 bits per heavy atom. The lowest BCUT2D eigenvalue weighted by molar-refractivity contribution is -0.131. The maximum atomic E-state index is 13.3. The Bertz CT molecular complexity index is 942. The maximum absolute atomic E-state index is 13.3. The number of halogens is 1. The number of rotatable bonds is 3. The molecular weight excluding hydrogens is 325 g/mol. The first-order valence-electron chi connectivity index (χ1n) is 7.96. The van der Waals surface area contributed by atoms with E-state index >= 15 is 0 Å². The summed E-state index contributed by atoms with van der Waals surface area (Å²) in [6.45, 7) is 3.58. The number of aromatic nitrogens is 3. The zero-order chi connectivity index (χ0) is 17.4. The molecule has 0 aliphatic carbocycles. The van der Waals surface area contributed by atoms with Crippen LogP contribution in [0, 0.1) is 12.7 Å². The number of hydrogen-bond donors (Lipinski definition) is 0. The number of nitrogens with zero attached hydrogens (tertiary/aromatic N) is 5. The van der Waals surface area contributed by atoms with Crippen LogP contribution in [0.5, 0.6) is 0 Å². The molecule has 0 atom stereocenters. The third-order valence-corrected chi connectivity index (χ3v) is 4.30. The molecule has 0 unspecified atom stereocenters. The first-order chi connectivity index (χ1) is 12.1. The first-order valence-corrected chi connectivity index (χ1v) is 7.96. The van der Waals surface area contributed by atoms with E-state index in [9.17, 15) is 9.18 Å². The van der Waals surface area contributed by atoms with Crippen LogP contribution in [-0.2, 0) is 11.3 Å². The summed E-state index contributed by atoms with van der Waals surface area (Å²) < 4.78 is 18.5. The smallest absolute Gasteiger partial charge is 0.263 e. The minimum absolute atomic E-state index is 0.0311. The summed E-state index contributed by atoms with van der Waals surface area (Å²) >= 11 is 0. The molecule has 0 radical (unpaired) electrons. The molecule has 1 fully saturated rings. The molecule has 0 saturated carbocycles. The second-order valence-corrected chi connectivity index (χ2v) is 6.01. The van der Waals surface area contributed by atoms with Crippen LogP contribution >= 0.6 is 0 Å². The summed E-state index contributed by atoms with van der Waals surface area (Å²) in [5.74, 6) is 0.328. The molecule has 1 aliphatic rings. The van der Waals surface area contributed by atoms with Gasteiger partial charge in [0.05, 0.1) is 12.2 Å². The fourth-order valence-corrected chi connectivity index (χ4v) is 3.06. The van der Waals surface area contributed by atoms with E-state index in [4.69, 9.17) is 4.52 Å². The van der Waals surface area contributed by atoms with E-state index in [-0.39, 0.29) is 18.3 Å². The van der Waals surface area contributed by atoms with Gasteiger partial charge in [0.2, 0.25) is 5.91 Å². The van der Waals surface area contributed by atoms with Gasteiger partial charge in [-0.3, -0.25) is 4.79 Å². The lowest BCUT2D eigenvalue weighted by Crippen LogP contribution is -2.50. The minimum Gasteiger partial charge on any atom is -0.345 e. The second kappa shape index (κ2) is 6.12. The summed E-state index contributed by atoms with van der Waals surface area (Å²) in [6, 6.07) is 6.31. The molecule has 2 aromatic heterocycles. The summed E-state index contributed by atoms with van der Waals surface area (Å²) in [4.78, 5) is 24.5. The maximum Gasteiger partial charge on any atom is 0.263 e. The fourth-order valence-electron chi connectivity index (χ4n) is 3.06. The second-order valence-electron chi connectivity index (χ2n) is 6.01. The monoisotopic (exact) mass is 341 g/mol. The van der Waals surface area contributed by atoms with Crippen LogP contribution in [0.3, 0.4) is 0 Å². The molecule has 0 spiro atoms. The van der Waals surface area contributed by atoms with Gasteiger partial charge in [-0.25, -0.2) is 9.37 Å². The molecule has 1 aliphatic heterocycles. The van der Waals surface area contributed by atoms with Crippen molar-refractivity contribution in [2.45, 2.75) is 13.5 Å². The number of anilines is 1. The number of aryl methyl sites for hydroxylation is 1. The Morgan fingerprint density at radius 2 is 2.16 bits per heavy atom. The van der Waals surface area contributed by atoms with Gasteiger partial charge < -0.3 is 14.3 Å². The molecule has 128 valence electrons. The highest BCUT2D eigenvalue weighted by Crippen LogP contribution is 2.27. The van der Waals surface area contributed by atoms with Crippen LogP contribution in [-0.4, -0.2) is 45.6 Å². The van der Waals surface area contributed by atoms with Crippen molar-refractivity contribution in [2.24, 2.45) is 0 Å². The van der Waals surface area contributed by atoms with Crippen molar-refractivity contribution >= 4 is 22.8 Å². The van der Waals surface area contributed by atoms with Gasteiger partial charge in [-0.1, -0.05) is 17.3 Å². The van der Waals surface area contributed by atoms with Crippen LogP contribution in [0.1, 0.15) is 11.3 Å². The van der Waals surface area contributed by atoms with Crippen LogP contribution in [0.15, 0.2) is 35.1 Å². The third kappa shape index (κ3) is 2.90. The van der Waals surface area contributed by atoms with E-state index in [1.54, 1.807) is 11.0 Å². The molecule has 1 amide bonds. The van der Waals surface area contributed by atoms with Gasteiger partial charge in [-0.15, -0.1) is 0 Å². The van der Waals surface area contributed by atoms with Crippen molar-refractivity contribution in [1.82, 2.24) is 20.0 Å². The third-order valence-electron chi connectivity index (χ3n) is 4.30. The van der Waals surface area contributed by atoms with E-state index in [1.165, 1.54) is 18.5 Å². The molecule has 3 aromatic rings. The van der Waals surface area contributed by atoms with Gasteiger partial charge in [0.15, 0.2) is 0 Å². The van der Waals surface area contributed by atoms with Gasteiger partial charge in [0.25, 0.3) is 5.71 Å². The number of fused-ring (bicyclic) bond motifs is 1. The van der Waals surface area contributed by atoms with Crippen LogP contribution in [0.25, 0.3) is 11.1 Å². The van der Waals surface area contributed by atoms with E-state index in [0.29, 0.717) is 36.9 Å². The van der Waals surface area contributed by atoms with E-state index in [2.05, 4.69) is 15.1 Å². The number of piperazine rings is 1. The quantitative estimate of drug-likeness (QED) is 0.724. The topological polar surface area (TPSA) is 75.4 Å². The number of carbonyl (C=O) groups is 1. The zero-order valence-corrected chi connectivity index (χ0v) is 13.6. The Kier molecular flexibility index (Phi) is 3.79. The Morgan fingerprint density at radius 1 is 1.28 bits per heavy atom. The largest absolute Gasteiger partial charge is 0.345 e. The van der Waals surface area contributed by atoms with Crippen molar-refractivity contribution in [3.63, 3.8) is 0 Å². The average molecular weight is 341 g/mol. The summed E-state index contributed by atoms with van der Waals surface area (Å²) in [5, 5.41) is 4.64. The van der Waals surface area contributed by atoms with Crippen molar-refractivity contribution in [3.05, 3.63) is 47.7 Å². The number of benzene rings is 1. The SMILES string of the molecule is Cc1noc2ncnc(N3CCN(Cc4cccc(F)c4)C(=O)C3)c12. The van der Waals surface area contributed by atoms with Crippen LogP contribution in [0.2, 0.25) is 0 Å². The summed E-state index contributed by atoms with van der Waals surface area (Å²) in [7, 11) is 0.